The van der Waals surface area contributed by atoms with Gasteiger partial charge in [0.1, 0.15) is 0 Å². The highest BCUT2D eigenvalue weighted by Crippen LogP contribution is 2.35. The van der Waals surface area contributed by atoms with Crippen molar-refractivity contribution >= 4 is 43.1 Å². The lowest BCUT2D eigenvalue weighted by molar-refractivity contribution is 1.07. The minimum absolute atomic E-state index is 0.0151. The minimum atomic E-state index is -0.499. The smallest absolute Gasteiger partial charge is 0.164 e. The van der Waals surface area contributed by atoms with Gasteiger partial charge in [-0.1, -0.05) is 182 Å². The molecule has 3 heteroatoms. The van der Waals surface area contributed by atoms with Gasteiger partial charge in [0.15, 0.2) is 17.5 Å². The Kier molecular flexibility index (Phi) is 6.54. The van der Waals surface area contributed by atoms with Crippen LogP contribution in [0.2, 0.25) is 0 Å². The molecule has 0 radical (unpaired) electrons. The van der Waals surface area contributed by atoms with Crippen molar-refractivity contribution in [2.24, 2.45) is 0 Å². The molecule has 0 fully saturated rings. The van der Waals surface area contributed by atoms with E-state index in [-0.39, 0.29) is 28.4 Å². The molecule has 0 saturated heterocycles. The van der Waals surface area contributed by atoms with E-state index < -0.39 is 30.2 Å². The van der Waals surface area contributed by atoms with Crippen LogP contribution >= 0.6 is 0 Å². The molecule has 11 rings (SSSR count). The third kappa shape index (κ3) is 6.16. The lowest BCUT2D eigenvalue weighted by atomic mass is 9.96. The molecule has 0 aliphatic carbocycles. The lowest BCUT2D eigenvalue weighted by Gasteiger charge is -2.12. The van der Waals surface area contributed by atoms with E-state index in [9.17, 15) is 0 Å². The third-order valence-corrected chi connectivity index (χ3v) is 10.8. The summed E-state index contributed by atoms with van der Waals surface area (Å²) < 4.78 is 60.6. The number of rotatable bonds is 6. The summed E-state index contributed by atoms with van der Waals surface area (Å²) in [7, 11) is 0. The molecule has 0 aliphatic heterocycles. The first-order valence-electron chi connectivity index (χ1n) is 22.6. The van der Waals surface area contributed by atoms with E-state index in [4.69, 9.17) is 24.5 Å². The number of benzene rings is 10. The van der Waals surface area contributed by atoms with E-state index >= 15 is 0 Å². The molecule has 10 aromatic carbocycles. The standard InChI is InChI=1S/C55H35N3/c1-2-11-36(12-3-1)41-27-28-43-33-48(30-29-42(43)31-41)55-57-53(56-54(58-55)47-19-9-17-45(34-47)51-22-10-15-37-13-4-6-20-49(37)51)46-18-8-16-40(32-46)44-26-25-39-24-23-38-14-5-7-21-50(38)52(39)35-44/h1-35H/i4D,6D,10D,13D,15D,20D,22D. The Balaban J connectivity index is 1.08. The summed E-state index contributed by atoms with van der Waals surface area (Å²) >= 11 is 0. The van der Waals surface area contributed by atoms with Crippen molar-refractivity contribution in [1.82, 2.24) is 15.0 Å². The number of fused-ring (bicyclic) bond motifs is 5. The molecule has 0 unspecified atom stereocenters. The monoisotopic (exact) mass is 744 g/mol. The van der Waals surface area contributed by atoms with Gasteiger partial charge < -0.3 is 0 Å². The van der Waals surface area contributed by atoms with Crippen LogP contribution in [0.15, 0.2) is 212 Å². The van der Waals surface area contributed by atoms with Crippen molar-refractivity contribution in [3.05, 3.63) is 212 Å². The Labute approximate surface area is 346 Å². The van der Waals surface area contributed by atoms with Gasteiger partial charge in [0.2, 0.25) is 0 Å². The molecule has 58 heavy (non-hydrogen) atoms. The third-order valence-electron chi connectivity index (χ3n) is 10.8. The van der Waals surface area contributed by atoms with Crippen LogP contribution in [0.3, 0.4) is 0 Å². The fourth-order valence-corrected chi connectivity index (χ4v) is 7.82. The van der Waals surface area contributed by atoms with Crippen molar-refractivity contribution in [1.29, 1.82) is 0 Å². The largest absolute Gasteiger partial charge is 0.208 e. The first kappa shape index (κ1) is 27.0. The topological polar surface area (TPSA) is 38.7 Å². The molecule has 0 saturated carbocycles. The number of hydrogen-bond donors (Lipinski definition) is 0. The zero-order chi connectivity index (χ0) is 44.5. The van der Waals surface area contributed by atoms with Gasteiger partial charge in [-0.3, -0.25) is 0 Å². The van der Waals surface area contributed by atoms with E-state index in [2.05, 4.69) is 109 Å². The summed E-state index contributed by atoms with van der Waals surface area (Å²) in [6.07, 6.45) is 0. The van der Waals surface area contributed by atoms with Crippen LogP contribution < -0.4 is 0 Å². The summed E-state index contributed by atoms with van der Waals surface area (Å²) in [6, 6.07) is 54.3. The number of hydrogen-bond acceptors (Lipinski definition) is 3. The van der Waals surface area contributed by atoms with Crippen LogP contribution in [-0.2, 0) is 0 Å². The molecule has 0 aliphatic rings. The summed E-state index contributed by atoms with van der Waals surface area (Å²) in [4.78, 5) is 15.3. The average molecular weight is 745 g/mol. The molecule has 270 valence electrons. The molecule has 0 amide bonds. The quantitative estimate of drug-likeness (QED) is 0.159. The highest BCUT2D eigenvalue weighted by molar-refractivity contribution is 6.08. The summed E-state index contributed by atoms with van der Waals surface area (Å²) in [6.45, 7) is 0. The second-order valence-electron chi connectivity index (χ2n) is 14.3. The van der Waals surface area contributed by atoms with Gasteiger partial charge in [0, 0.05) is 16.7 Å². The van der Waals surface area contributed by atoms with Gasteiger partial charge in [-0.05, 0) is 107 Å². The van der Waals surface area contributed by atoms with E-state index in [0.717, 1.165) is 54.9 Å². The van der Waals surface area contributed by atoms with Crippen molar-refractivity contribution in [2.45, 2.75) is 0 Å². The maximum Gasteiger partial charge on any atom is 0.164 e. The van der Waals surface area contributed by atoms with Crippen LogP contribution in [0, 0.1) is 0 Å². The summed E-state index contributed by atoms with van der Waals surface area (Å²) in [5, 5.41) is 6.68. The average Bonchev–Trinajstić information content (AvgIpc) is 3.36. The minimum Gasteiger partial charge on any atom is -0.208 e. The number of aromatic nitrogens is 3. The predicted molar refractivity (Wildman–Crippen MR) is 242 cm³/mol. The Morgan fingerprint density at radius 3 is 1.55 bits per heavy atom. The molecule has 3 nitrogen and oxygen atoms in total. The first-order chi connectivity index (χ1) is 31.6. The Morgan fingerprint density at radius 1 is 0.276 bits per heavy atom. The second-order valence-corrected chi connectivity index (χ2v) is 14.3. The fourth-order valence-electron chi connectivity index (χ4n) is 7.82. The molecule has 0 bridgehead atoms. The second kappa shape index (κ2) is 14.1. The highest BCUT2D eigenvalue weighted by Gasteiger charge is 2.15. The maximum atomic E-state index is 9.02. The normalized spacial score (nSPS) is 13.1. The number of nitrogens with zero attached hydrogens (tertiary/aromatic N) is 3. The van der Waals surface area contributed by atoms with E-state index in [1.54, 1.807) is 18.2 Å². The molecule has 0 spiro atoms. The Morgan fingerprint density at radius 2 is 0.776 bits per heavy atom. The Bertz CT molecular complexity index is 3750. The van der Waals surface area contributed by atoms with Crippen molar-refractivity contribution in [2.75, 3.05) is 0 Å². The van der Waals surface area contributed by atoms with Gasteiger partial charge in [0.25, 0.3) is 0 Å². The van der Waals surface area contributed by atoms with Crippen molar-refractivity contribution < 1.29 is 9.60 Å². The van der Waals surface area contributed by atoms with Crippen molar-refractivity contribution in [3.8, 4) is 67.5 Å². The molecular formula is C55H35N3. The SMILES string of the molecule is [2H]c1c([2H])c([2H])c2c(-c3cccc(-c4nc(-c5cccc(-c6ccc7ccc8ccccc8c7c6)c5)nc(-c5ccc6cc(-c7ccccc7)ccc6c5)n4)c3)c([2H])c([2H])c([2H])c2c1[2H]. The zero-order valence-corrected chi connectivity index (χ0v) is 31.0. The van der Waals surface area contributed by atoms with Crippen LogP contribution in [0.5, 0.6) is 0 Å². The lowest BCUT2D eigenvalue weighted by Crippen LogP contribution is -2.00. The van der Waals surface area contributed by atoms with Crippen LogP contribution in [0.4, 0.5) is 0 Å². The first-order valence-corrected chi connectivity index (χ1v) is 19.1. The highest BCUT2D eigenvalue weighted by atomic mass is 15.0. The molecule has 0 N–H and O–H groups in total. The van der Waals surface area contributed by atoms with Gasteiger partial charge >= 0.3 is 0 Å². The van der Waals surface area contributed by atoms with Crippen LogP contribution in [0.1, 0.15) is 9.60 Å². The van der Waals surface area contributed by atoms with Gasteiger partial charge in [-0.15, -0.1) is 0 Å². The van der Waals surface area contributed by atoms with E-state index in [1.165, 1.54) is 10.8 Å². The van der Waals surface area contributed by atoms with Gasteiger partial charge in [-0.2, -0.15) is 0 Å². The van der Waals surface area contributed by atoms with Crippen LogP contribution in [-0.4, -0.2) is 15.0 Å². The summed E-state index contributed by atoms with van der Waals surface area (Å²) in [5.41, 5.74) is 6.95. The Hall–Kier alpha value is -7.75. The molecule has 0 atom stereocenters. The van der Waals surface area contributed by atoms with Crippen molar-refractivity contribution in [3.63, 3.8) is 0 Å². The molecule has 1 heterocycles. The van der Waals surface area contributed by atoms with Crippen LogP contribution in [0.25, 0.3) is 111 Å². The fraction of sp³-hybridized carbons (Fsp3) is 0. The molecule has 11 aromatic rings. The summed E-state index contributed by atoms with van der Waals surface area (Å²) in [5.74, 6) is 1.23. The van der Waals surface area contributed by atoms with E-state index in [1.807, 2.05) is 42.5 Å². The predicted octanol–water partition coefficient (Wildman–Crippen LogP) is 14.5. The molecular weight excluding hydrogens is 703 g/mol. The van der Waals surface area contributed by atoms with Gasteiger partial charge in [0.05, 0.1) is 9.60 Å². The van der Waals surface area contributed by atoms with Gasteiger partial charge in [-0.25, -0.2) is 15.0 Å². The van der Waals surface area contributed by atoms with E-state index in [0.29, 0.717) is 28.6 Å². The molecule has 1 aromatic heterocycles. The zero-order valence-electron chi connectivity index (χ0n) is 38.0. The maximum absolute atomic E-state index is 9.02.